The first-order chi connectivity index (χ1) is 10.6. The van der Waals surface area contributed by atoms with Gasteiger partial charge >= 0.3 is 0 Å². The van der Waals surface area contributed by atoms with Crippen LogP contribution in [0.2, 0.25) is 0 Å². The molecule has 5 atom stereocenters. The van der Waals surface area contributed by atoms with Crippen LogP contribution in [0.5, 0.6) is 0 Å². The summed E-state index contributed by atoms with van der Waals surface area (Å²) in [5.74, 6) is 2.70. The third kappa shape index (κ3) is 2.85. The molecule has 2 bridgehead atoms. The largest absolute Gasteiger partial charge is 0.350 e. The van der Waals surface area contributed by atoms with Crippen molar-refractivity contribution >= 4 is 0 Å². The highest BCUT2D eigenvalue weighted by atomic mass is 16.7. The lowest BCUT2D eigenvalue weighted by atomic mass is 9.67. The van der Waals surface area contributed by atoms with Gasteiger partial charge in [-0.15, -0.1) is 0 Å². The van der Waals surface area contributed by atoms with E-state index in [1.165, 1.54) is 51.6 Å². The summed E-state index contributed by atoms with van der Waals surface area (Å²) in [5.41, 5.74) is 0.501. The Kier molecular flexibility index (Phi) is 4.25. The number of hydrogen-bond acceptors (Lipinski definition) is 3. The van der Waals surface area contributed by atoms with E-state index in [-0.39, 0.29) is 6.29 Å². The zero-order valence-corrected chi connectivity index (χ0v) is 14.4. The minimum Gasteiger partial charge on any atom is -0.350 e. The highest BCUT2D eigenvalue weighted by molar-refractivity contribution is 5.02. The molecule has 4 aliphatic rings. The minimum absolute atomic E-state index is 0.0680. The lowest BCUT2D eigenvalue weighted by molar-refractivity contribution is -0.0909. The van der Waals surface area contributed by atoms with Crippen LogP contribution < -0.4 is 0 Å². The summed E-state index contributed by atoms with van der Waals surface area (Å²) >= 11 is 0. The number of rotatable bonds is 4. The smallest absolute Gasteiger partial charge is 0.158 e. The molecule has 2 aliphatic carbocycles. The van der Waals surface area contributed by atoms with Gasteiger partial charge in [0.15, 0.2) is 6.29 Å². The average molecular weight is 307 g/mol. The van der Waals surface area contributed by atoms with Gasteiger partial charge in [-0.25, -0.2) is 0 Å². The molecule has 22 heavy (non-hydrogen) atoms. The van der Waals surface area contributed by atoms with Gasteiger partial charge in [-0.1, -0.05) is 20.3 Å². The quantitative estimate of drug-likeness (QED) is 0.791. The van der Waals surface area contributed by atoms with Crippen LogP contribution >= 0.6 is 0 Å². The fourth-order valence-electron chi connectivity index (χ4n) is 5.83. The van der Waals surface area contributed by atoms with Crippen LogP contribution in [0.15, 0.2) is 0 Å². The van der Waals surface area contributed by atoms with Crippen molar-refractivity contribution in [2.75, 3.05) is 26.2 Å². The van der Waals surface area contributed by atoms with Gasteiger partial charge in [-0.3, -0.25) is 0 Å². The van der Waals surface area contributed by atoms with Crippen molar-refractivity contribution in [2.45, 2.75) is 71.2 Å². The van der Waals surface area contributed by atoms with E-state index in [1.54, 1.807) is 0 Å². The third-order valence-electron chi connectivity index (χ3n) is 7.22. The van der Waals surface area contributed by atoms with E-state index in [4.69, 9.17) is 9.47 Å². The van der Waals surface area contributed by atoms with Crippen LogP contribution in [0.3, 0.4) is 0 Å². The van der Waals surface area contributed by atoms with Crippen molar-refractivity contribution < 1.29 is 9.47 Å². The SMILES string of the molecule is CC1(C)[C@@H]2CC[C@H](C2)[C@H]1C[C@H]1OC[C@H](CN2CCCCC2)O1. The Bertz CT molecular complexity index is 391. The molecule has 0 radical (unpaired) electrons. The molecule has 2 saturated carbocycles. The van der Waals surface area contributed by atoms with Gasteiger partial charge in [0.1, 0.15) is 0 Å². The molecule has 3 heteroatoms. The predicted octanol–water partition coefficient (Wildman–Crippen LogP) is 3.68. The molecular weight excluding hydrogens is 274 g/mol. The first kappa shape index (κ1) is 15.4. The van der Waals surface area contributed by atoms with Gasteiger partial charge in [-0.2, -0.15) is 0 Å². The van der Waals surface area contributed by atoms with E-state index in [2.05, 4.69) is 18.7 Å². The molecule has 0 N–H and O–H groups in total. The van der Waals surface area contributed by atoms with E-state index in [9.17, 15) is 0 Å². The van der Waals surface area contributed by atoms with Crippen molar-refractivity contribution in [2.24, 2.45) is 23.2 Å². The summed E-state index contributed by atoms with van der Waals surface area (Å²) < 4.78 is 12.3. The molecule has 2 heterocycles. The Morgan fingerprint density at radius 2 is 1.91 bits per heavy atom. The summed E-state index contributed by atoms with van der Waals surface area (Å²) in [6.07, 6.45) is 9.99. The molecule has 0 spiro atoms. The molecule has 2 aliphatic heterocycles. The van der Waals surface area contributed by atoms with Crippen LogP contribution in [-0.2, 0) is 9.47 Å². The van der Waals surface area contributed by atoms with E-state index in [0.29, 0.717) is 11.5 Å². The van der Waals surface area contributed by atoms with E-state index < -0.39 is 0 Å². The first-order valence-corrected chi connectivity index (χ1v) is 9.62. The second-order valence-corrected chi connectivity index (χ2v) is 8.82. The number of ether oxygens (including phenoxy) is 2. The Morgan fingerprint density at radius 3 is 2.64 bits per heavy atom. The number of fused-ring (bicyclic) bond motifs is 2. The summed E-state index contributed by atoms with van der Waals surface area (Å²) in [7, 11) is 0. The normalized spacial score (nSPS) is 44.7. The number of piperidine rings is 1. The molecule has 2 saturated heterocycles. The topological polar surface area (TPSA) is 21.7 Å². The predicted molar refractivity (Wildman–Crippen MR) is 87.6 cm³/mol. The first-order valence-electron chi connectivity index (χ1n) is 9.62. The molecule has 0 aromatic carbocycles. The van der Waals surface area contributed by atoms with Gasteiger partial charge in [0.25, 0.3) is 0 Å². The monoisotopic (exact) mass is 307 g/mol. The lowest BCUT2D eigenvalue weighted by Crippen LogP contribution is -2.38. The number of likely N-dealkylation sites (tertiary alicyclic amines) is 1. The average Bonchev–Trinajstić information content (AvgIpc) is 3.19. The summed E-state index contributed by atoms with van der Waals surface area (Å²) in [6.45, 7) is 9.37. The second-order valence-electron chi connectivity index (χ2n) is 8.82. The molecule has 0 unspecified atom stereocenters. The van der Waals surface area contributed by atoms with Crippen LogP contribution in [0.4, 0.5) is 0 Å². The summed E-state index contributed by atoms with van der Waals surface area (Å²) in [4.78, 5) is 2.57. The molecule has 0 aromatic rings. The highest BCUT2D eigenvalue weighted by Gasteiger charge is 2.53. The molecule has 0 amide bonds. The fourth-order valence-corrected chi connectivity index (χ4v) is 5.83. The van der Waals surface area contributed by atoms with E-state index >= 15 is 0 Å². The molecule has 3 nitrogen and oxygen atoms in total. The maximum atomic E-state index is 6.26. The van der Waals surface area contributed by atoms with Gasteiger partial charge in [0, 0.05) is 13.0 Å². The van der Waals surface area contributed by atoms with Gasteiger partial charge in [-0.05, 0) is 68.4 Å². The Morgan fingerprint density at radius 1 is 1.09 bits per heavy atom. The molecule has 126 valence electrons. The lowest BCUT2D eigenvalue weighted by Gasteiger charge is -2.39. The maximum absolute atomic E-state index is 6.26. The highest BCUT2D eigenvalue weighted by Crippen LogP contribution is 2.60. The van der Waals surface area contributed by atoms with Crippen LogP contribution in [0, 0.1) is 23.2 Å². The fraction of sp³-hybridized carbons (Fsp3) is 1.00. The van der Waals surface area contributed by atoms with Crippen LogP contribution in [-0.4, -0.2) is 43.5 Å². The van der Waals surface area contributed by atoms with Crippen molar-refractivity contribution in [3.63, 3.8) is 0 Å². The van der Waals surface area contributed by atoms with Gasteiger partial charge in [0.2, 0.25) is 0 Å². The van der Waals surface area contributed by atoms with Crippen LogP contribution in [0.1, 0.15) is 58.8 Å². The van der Waals surface area contributed by atoms with Crippen LogP contribution in [0.25, 0.3) is 0 Å². The minimum atomic E-state index is 0.0680. The van der Waals surface area contributed by atoms with E-state index in [1.807, 2.05) is 0 Å². The molecule has 4 rings (SSSR count). The van der Waals surface area contributed by atoms with Crippen molar-refractivity contribution in [1.29, 1.82) is 0 Å². The summed E-state index contributed by atoms with van der Waals surface area (Å²) in [5, 5.41) is 0. The zero-order valence-electron chi connectivity index (χ0n) is 14.4. The molecular formula is C19H33NO2. The second kappa shape index (κ2) is 6.07. The van der Waals surface area contributed by atoms with Crippen molar-refractivity contribution in [3.05, 3.63) is 0 Å². The summed E-state index contributed by atoms with van der Waals surface area (Å²) in [6, 6.07) is 0. The van der Waals surface area contributed by atoms with Crippen molar-refractivity contribution in [3.8, 4) is 0 Å². The molecule has 4 fully saturated rings. The number of nitrogens with zero attached hydrogens (tertiary/aromatic N) is 1. The Balaban J connectivity index is 1.28. The van der Waals surface area contributed by atoms with E-state index in [0.717, 1.165) is 37.3 Å². The van der Waals surface area contributed by atoms with Crippen molar-refractivity contribution in [1.82, 2.24) is 4.90 Å². The van der Waals surface area contributed by atoms with Gasteiger partial charge < -0.3 is 14.4 Å². The third-order valence-corrected chi connectivity index (χ3v) is 7.22. The Hall–Kier alpha value is -0.120. The Labute approximate surface area is 135 Å². The number of hydrogen-bond donors (Lipinski definition) is 0. The standard InChI is InChI=1S/C19H33NO2/c1-19(2)15-7-6-14(10-15)17(19)11-18-21-13-16(22-18)12-20-8-4-3-5-9-20/h14-18H,3-13H2,1-2H3/t14-,15-,16+,17-,18+/m1/s1. The van der Waals surface area contributed by atoms with Gasteiger partial charge in [0.05, 0.1) is 12.7 Å². The zero-order chi connectivity index (χ0) is 15.2. The maximum Gasteiger partial charge on any atom is 0.158 e. The molecule has 0 aromatic heterocycles.